The van der Waals surface area contributed by atoms with E-state index in [-0.39, 0.29) is 11.9 Å². The van der Waals surface area contributed by atoms with Crippen molar-refractivity contribution in [1.29, 1.82) is 0 Å². The van der Waals surface area contributed by atoms with Crippen LogP contribution in [0.25, 0.3) is 17.3 Å². The normalized spacial score (nSPS) is 16.7. The van der Waals surface area contributed by atoms with Gasteiger partial charge in [-0.2, -0.15) is 0 Å². The van der Waals surface area contributed by atoms with Crippen LogP contribution in [0.5, 0.6) is 0 Å². The summed E-state index contributed by atoms with van der Waals surface area (Å²) in [6.45, 7) is 6.39. The molecule has 29 heavy (non-hydrogen) atoms. The van der Waals surface area contributed by atoms with Gasteiger partial charge in [0.15, 0.2) is 0 Å². The highest BCUT2D eigenvalue weighted by atomic mass is 16.5. The first-order chi connectivity index (χ1) is 14.0. The van der Waals surface area contributed by atoms with Crippen LogP contribution in [0.2, 0.25) is 0 Å². The summed E-state index contributed by atoms with van der Waals surface area (Å²) in [5, 5.41) is 4.04. The second-order valence-electron chi connectivity index (χ2n) is 7.36. The van der Waals surface area contributed by atoms with Gasteiger partial charge in [0.25, 0.3) is 0 Å². The molecule has 1 aromatic carbocycles. The third kappa shape index (κ3) is 3.97. The smallest absolute Gasteiger partial charge is 0.247 e. The molecule has 0 radical (unpaired) electrons. The Hall–Kier alpha value is -3.28. The van der Waals surface area contributed by atoms with Gasteiger partial charge in [0.05, 0.1) is 28.7 Å². The van der Waals surface area contributed by atoms with Gasteiger partial charge in [0.2, 0.25) is 5.91 Å². The average molecular weight is 388 g/mol. The third-order valence-corrected chi connectivity index (χ3v) is 5.24. The number of hydrogen-bond donors (Lipinski definition) is 0. The number of rotatable bonds is 4. The highest BCUT2D eigenvalue weighted by Gasteiger charge is 2.30. The molecule has 6 heteroatoms. The Morgan fingerprint density at radius 3 is 2.69 bits per heavy atom. The van der Waals surface area contributed by atoms with Crippen molar-refractivity contribution in [3.05, 3.63) is 71.0 Å². The Balaban J connectivity index is 1.62. The molecule has 0 saturated carbocycles. The first-order valence-electron chi connectivity index (χ1n) is 9.85. The van der Waals surface area contributed by atoms with Crippen LogP contribution in [0.15, 0.2) is 47.0 Å². The summed E-state index contributed by atoms with van der Waals surface area (Å²) >= 11 is 0. The number of carbonyl (C=O) groups excluding carboxylic acids is 1. The van der Waals surface area contributed by atoms with E-state index in [2.05, 4.69) is 15.1 Å². The lowest BCUT2D eigenvalue weighted by atomic mass is 10.1. The van der Waals surface area contributed by atoms with Crippen LogP contribution in [-0.2, 0) is 4.79 Å². The molecule has 1 saturated heterocycles. The van der Waals surface area contributed by atoms with Gasteiger partial charge in [-0.3, -0.25) is 4.79 Å². The van der Waals surface area contributed by atoms with Crippen molar-refractivity contribution < 1.29 is 9.32 Å². The van der Waals surface area contributed by atoms with Gasteiger partial charge < -0.3 is 9.42 Å². The average Bonchev–Trinajstić information content (AvgIpc) is 3.33. The summed E-state index contributed by atoms with van der Waals surface area (Å²) in [5.74, 6) is 1.42. The van der Waals surface area contributed by atoms with Crippen molar-refractivity contribution >= 4 is 12.0 Å². The first kappa shape index (κ1) is 19.1. The molecular weight excluding hydrogens is 364 g/mol. The van der Waals surface area contributed by atoms with Crippen molar-refractivity contribution in [3.63, 3.8) is 0 Å². The molecule has 1 amide bonds. The standard InChI is InChI=1S/C23H24N4O2/c1-15-23(16(2)29-26-15)20-14-19(24-17(3)25-20)21-10-7-13-27(21)22(28)12-11-18-8-5-4-6-9-18/h4-6,8-9,11-12,14,21H,7,10,13H2,1-3H3/b12-11+. The molecule has 6 nitrogen and oxygen atoms in total. The van der Waals surface area contributed by atoms with E-state index < -0.39 is 0 Å². The SMILES string of the molecule is Cc1nc(-c2c(C)noc2C)cc(C2CCCN2C(=O)/C=C/c2ccccc2)n1. The number of aryl methyl sites for hydroxylation is 3. The van der Waals surface area contributed by atoms with E-state index in [1.165, 1.54) is 0 Å². The lowest BCUT2D eigenvalue weighted by Gasteiger charge is -2.23. The van der Waals surface area contributed by atoms with Crippen molar-refractivity contribution in [2.75, 3.05) is 6.54 Å². The topological polar surface area (TPSA) is 72.1 Å². The summed E-state index contributed by atoms with van der Waals surface area (Å²) in [6.07, 6.45) is 5.36. The van der Waals surface area contributed by atoms with Crippen LogP contribution in [0.3, 0.4) is 0 Å². The monoisotopic (exact) mass is 388 g/mol. The van der Waals surface area contributed by atoms with Gasteiger partial charge in [0, 0.05) is 12.6 Å². The molecule has 1 unspecified atom stereocenters. The summed E-state index contributed by atoms with van der Waals surface area (Å²) in [4.78, 5) is 24.0. The van der Waals surface area contributed by atoms with Crippen LogP contribution >= 0.6 is 0 Å². The summed E-state index contributed by atoms with van der Waals surface area (Å²) in [6, 6.07) is 11.8. The van der Waals surface area contributed by atoms with Crippen molar-refractivity contribution in [2.45, 2.75) is 39.7 Å². The van der Waals surface area contributed by atoms with E-state index in [4.69, 9.17) is 4.52 Å². The fourth-order valence-corrected chi connectivity index (χ4v) is 3.90. The molecule has 0 N–H and O–H groups in total. The molecule has 3 heterocycles. The number of aromatic nitrogens is 3. The molecule has 1 atom stereocenters. The molecule has 1 fully saturated rings. The molecule has 0 spiro atoms. The lowest BCUT2D eigenvalue weighted by Crippen LogP contribution is -2.29. The molecular formula is C23H24N4O2. The van der Waals surface area contributed by atoms with Crippen molar-refractivity contribution in [2.24, 2.45) is 0 Å². The maximum absolute atomic E-state index is 12.9. The zero-order valence-electron chi connectivity index (χ0n) is 16.9. The van der Waals surface area contributed by atoms with Crippen molar-refractivity contribution in [1.82, 2.24) is 20.0 Å². The number of carbonyl (C=O) groups is 1. The summed E-state index contributed by atoms with van der Waals surface area (Å²) < 4.78 is 5.30. The minimum Gasteiger partial charge on any atom is -0.361 e. The molecule has 2 aromatic heterocycles. The number of benzene rings is 1. The number of amides is 1. The van der Waals surface area contributed by atoms with E-state index in [0.717, 1.165) is 53.4 Å². The van der Waals surface area contributed by atoms with E-state index >= 15 is 0 Å². The Kier molecular flexibility index (Phi) is 5.25. The zero-order valence-corrected chi connectivity index (χ0v) is 16.9. The van der Waals surface area contributed by atoms with Gasteiger partial charge in [-0.1, -0.05) is 35.5 Å². The quantitative estimate of drug-likeness (QED) is 0.618. The fourth-order valence-electron chi connectivity index (χ4n) is 3.90. The highest BCUT2D eigenvalue weighted by Crippen LogP contribution is 2.34. The Morgan fingerprint density at radius 2 is 1.97 bits per heavy atom. The van der Waals surface area contributed by atoms with Gasteiger partial charge in [-0.05, 0) is 51.3 Å². The Labute approximate surface area is 170 Å². The van der Waals surface area contributed by atoms with E-state index in [0.29, 0.717) is 5.82 Å². The molecule has 1 aliphatic heterocycles. The van der Waals surface area contributed by atoms with E-state index in [9.17, 15) is 4.79 Å². The predicted molar refractivity (Wildman–Crippen MR) is 111 cm³/mol. The van der Waals surface area contributed by atoms with Crippen LogP contribution < -0.4 is 0 Å². The van der Waals surface area contributed by atoms with Gasteiger partial charge in [-0.15, -0.1) is 0 Å². The lowest BCUT2D eigenvalue weighted by molar-refractivity contribution is -0.126. The van der Waals surface area contributed by atoms with Crippen LogP contribution in [0.4, 0.5) is 0 Å². The molecule has 0 bridgehead atoms. The van der Waals surface area contributed by atoms with Crippen LogP contribution in [0, 0.1) is 20.8 Å². The first-order valence-corrected chi connectivity index (χ1v) is 9.85. The molecule has 148 valence electrons. The van der Waals surface area contributed by atoms with Gasteiger partial charge >= 0.3 is 0 Å². The maximum Gasteiger partial charge on any atom is 0.247 e. The maximum atomic E-state index is 12.9. The highest BCUT2D eigenvalue weighted by molar-refractivity contribution is 5.92. The predicted octanol–water partition coefficient (Wildman–Crippen LogP) is 4.43. The fraction of sp³-hybridized carbons (Fsp3) is 0.304. The third-order valence-electron chi connectivity index (χ3n) is 5.24. The minimum atomic E-state index is -0.0520. The zero-order chi connectivity index (χ0) is 20.4. The molecule has 3 aromatic rings. The molecule has 4 rings (SSSR count). The second kappa shape index (κ2) is 7.99. The molecule has 0 aliphatic carbocycles. The number of nitrogens with zero attached hydrogens (tertiary/aromatic N) is 4. The largest absolute Gasteiger partial charge is 0.361 e. The van der Waals surface area contributed by atoms with E-state index in [1.54, 1.807) is 6.08 Å². The minimum absolute atomic E-state index is 0.00603. The van der Waals surface area contributed by atoms with Crippen LogP contribution in [-0.4, -0.2) is 32.5 Å². The Morgan fingerprint density at radius 1 is 1.17 bits per heavy atom. The van der Waals surface area contributed by atoms with Gasteiger partial charge in [-0.25, -0.2) is 9.97 Å². The van der Waals surface area contributed by atoms with Crippen LogP contribution in [0.1, 0.15) is 47.4 Å². The summed E-state index contributed by atoms with van der Waals surface area (Å²) in [5.41, 5.74) is 4.37. The molecule has 1 aliphatic rings. The van der Waals surface area contributed by atoms with Gasteiger partial charge in [0.1, 0.15) is 11.6 Å². The summed E-state index contributed by atoms with van der Waals surface area (Å²) in [7, 11) is 0. The Bertz CT molecular complexity index is 1040. The number of hydrogen-bond acceptors (Lipinski definition) is 5. The number of likely N-dealkylation sites (tertiary alicyclic amines) is 1. The second-order valence-corrected chi connectivity index (χ2v) is 7.36. The van der Waals surface area contributed by atoms with Crippen molar-refractivity contribution in [3.8, 4) is 11.3 Å². The van der Waals surface area contributed by atoms with E-state index in [1.807, 2.05) is 68.1 Å².